The molecular formula is C19H19FN4O2. The average molecular weight is 354 g/mol. The maximum atomic E-state index is 13.9. The van der Waals surface area contributed by atoms with Crippen LogP contribution in [0.4, 0.5) is 10.1 Å². The van der Waals surface area contributed by atoms with E-state index in [-0.39, 0.29) is 5.75 Å². The number of halogens is 1. The molecule has 1 aliphatic rings. The summed E-state index contributed by atoms with van der Waals surface area (Å²) in [6.45, 7) is 2.14. The summed E-state index contributed by atoms with van der Waals surface area (Å²) in [5, 5.41) is 17.9. The van der Waals surface area contributed by atoms with Crippen molar-refractivity contribution in [1.82, 2.24) is 15.0 Å². The molecule has 26 heavy (non-hydrogen) atoms. The summed E-state index contributed by atoms with van der Waals surface area (Å²) in [7, 11) is 1.37. The van der Waals surface area contributed by atoms with Crippen LogP contribution in [0.2, 0.25) is 0 Å². The van der Waals surface area contributed by atoms with Gasteiger partial charge in [-0.25, -0.2) is 9.07 Å². The minimum Gasteiger partial charge on any atom is -0.502 e. The molecule has 0 saturated carbocycles. The largest absolute Gasteiger partial charge is 0.502 e. The van der Waals surface area contributed by atoms with E-state index in [0.717, 1.165) is 18.7 Å². The molecular weight excluding hydrogens is 335 g/mol. The maximum Gasteiger partial charge on any atom is 0.194 e. The Labute approximate surface area is 150 Å². The second-order valence-corrected chi connectivity index (χ2v) is 6.27. The van der Waals surface area contributed by atoms with Crippen LogP contribution in [-0.2, 0) is 0 Å². The van der Waals surface area contributed by atoms with Gasteiger partial charge in [0.25, 0.3) is 0 Å². The second-order valence-electron chi connectivity index (χ2n) is 6.27. The van der Waals surface area contributed by atoms with Crippen LogP contribution in [-0.4, -0.2) is 40.3 Å². The smallest absolute Gasteiger partial charge is 0.194 e. The van der Waals surface area contributed by atoms with Gasteiger partial charge < -0.3 is 14.7 Å². The van der Waals surface area contributed by atoms with Crippen LogP contribution in [0.25, 0.3) is 16.9 Å². The van der Waals surface area contributed by atoms with Gasteiger partial charge in [-0.15, -0.1) is 5.10 Å². The lowest BCUT2D eigenvalue weighted by atomic mass is 10.1. The van der Waals surface area contributed by atoms with Gasteiger partial charge in [0.1, 0.15) is 5.69 Å². The number of benzene rings is 2. The summed E-state index contributed by atoms with van der Waals surface area (Å²) in [5.74, 6) is -1.24. The van der Waals surface area contributed by atoms with E-state index in [9.17, 15) is 9.50 Å². The summed E-state index contributed by atoms with van der Waals surface area (Å²) < 4.78 is 20.3. The average Bonchev–Trinajstić information content (AvgIpc) is 3.36. The van der Waals surface area contributed by atoms with Crippen molar-refractivity contribution in [2.24, 2.45) is 0 Å². The molecule has 4 rings (SSSR count). The van der Waals surface area contributed by atoms with E-state index in [0.29, 0.717) is 11.4 Å². The van der Waals surface area contributed by atoms with Crippen LogP contribution in [0.3, 0.4) is 0 Å². The molecule has 6 nitrogen and oxygen atoms in total. The number of nitrogens with zero attached hydrogens (tertiary/aromatic N) is 4. The van der Waals surface area contributed by atoms with Crippen molar-refractivity contribution in [3.63, 3.8) is 0 Å². The minimum atomic E-state index is -0.771. The van der Waals surface area contributed by atoms with Crippen LogP contribution >= 0.6 is 0 Å². The molecule has 0 unspecified atom stereocenters. The molecule has 1 fully saturated rings. The third-order valence-electron chi connectivity index (χ3n) is 4.60. The molecule has 134 valence electrons. The lowest BCUT2D eigenvalue weighted by Crippen LogP contribution is -2.17. The van der Waals surface area contributed by atoms with E-state index < -0.39 is 11.6 Å². The van der Waals surface area contributed by atoms with Crippen molar-refractivity contribution >= 4 is 5.69 Å². The fraction of sp³-hybridized carbons (Fsp3) is 0.263. The lowest BCUT2D eigenvalue weighted by Gasteiger charge is -2.17. The Bertz CT molecular complexity index is 935. The normalized spacial score (nSPS) is 14.0. The number of hydrogen-bond acceptors (Lipinski definition) is 5. The van der Waals surface area contributed by atoms with Crippen LogP contribution in [0.1, 0.15) is 12.8 Å². The van der Waals surface area contributed by atoms with E-state index in [4.69, 9.17) is 4.74 Å². The van der Waals surface area contributed by atoms with E-state index in [1.165, 1.54) is 42.5 Å². The second kappa shape index (κ2) is 6.67. The Balaban J connectivity index is 1.66. The van der Waals surface area contributed by atoms with Crippen LogP contribution in [0, 0.1) is 5.82 Å². The molecule has 1 N–H and O–H groups in total. The highest BCUT2D eigenvalue weighted by Crippen LogP contribution is 2.32. The van der Waals surface area contributed by atoms with Crippen LogP contribution in [0.15, 0.2) is 42.6 Å². The van der Waals surface area contributed by atoms with Crippen molar-refractivity contribution in [1.29, 1.82) is 0 Å². The Kier molecular flexibility index (Phi) is 4.20. The minimum absolute atomic E-state index is 0.0491. The third-order valence-corrected chi connectivity index (χ3v) is 4.60. The number of aromatic nitrogens is 3. The number of rotatable bonds is 4. The summed E-state index contributed by atoms with van der Waals surface area (Å²) >= 11 is 0. The molecule has 1 aliphatic heterocycles. The molecule has 3 aromatic rings. The van der Waals surface area contributed by atoms with Crippen molar-refractivity contribution < 1.29 is 14.2 Å². The van der Waals surface area contributed by atoms with Gasteiger partial charge in [-0.2, -0.15) is 0 Å². The first-order chi connectivity index (χ1) is 12.7. The fourth-order valence-corrected chi connectivity index (χ4v) is 3.21. The quantitative estimate of drug-likeness (QED) is 0.778. The maximum absolute atomic E-state index is 13.9. The molecule has 1 aromatic heterocycles. The zero-order valence-corrected chi connectivity index (χ0v) is 14.4. The Morgan fingerprint density at radius 1 is 1.12 bits per heavy atom. The number of ether oxygens (including phenoxy) is 1. The first-order valence-electron chi connectivity index (χ1n) is 8.50. The van der Waals surface area contributed by atoms with Crippen molar-refractivity contribution in [3.05, 3.63) is 48.4 Å². The van der Waals surface area contributed by atoms with E-state index in [1.54, 1.807) is 6.20 Å². The Morgan fingerprint density at radius 2 is 1.92 bits per heavy atom. The lowest BCUT2D eigenvalue weighted by molar-refractivity contribution is 0.356. The van der Waals surface area contributed by atoms with Gasteiger partial charge >= 0.3 is 0 Å². The standard InChI is InChI=1S/C19H19FN4O2/c1-26-18-11-15(10-16(20)19(18)25)24-12-17(21-22-24)13-5-4-6-14(9-13)23-7-2-3-8-23/h4-6,9-12,25H,2-3,7-8H2,1H3. The summed E-state index contributed by atoms with van der Waals surface area (Å²) in [5.41, 5.74) is 3.24. The molecule has 1 saturated heterocycles. The summed E-state index contributed by atoms with van der Waals surface area (Å²) in [6, 6.07) is 10.9. The summed E-state index contributed by atoms with van der Waals surface area (Å²) in [6.07, 6.45) is 4.16. The first kappa shape index (κ1) is 16.4. The molecule has 0 aliphatic carbocycles. The zero-order chi connectivity index (χ0) is 18.1. The molecule has 2 heterocycles. The molecule has 0 amide bonds. The zero-order valence-electron chi connectivity index (χ0n) is 14.4. The Morgan fingerprint density at radius 3 is 2.69 bits per heavy atom. The number of anilines is 1. The molecule has 2 aromatic carbocycles. The highest BCUT2D eigenvalue weighted by atomic mass is 19.1. The van der Waals surface area contributed by atoms with Gasteiger partial charge in [-0.05, 0) is 25.0 Å². The van der Waals surface area contributed by atoms with Crippen LogP contribution in [0.5, 0.6) is 11.5 Å². The number of phenols is 1. The molecule has 0 atom stereocenters. The van der Waals surface area contributed by atoms with Gasteiger partial charge in [-0.3, -0.25) is 0 Å². The highest BCUT2D eigenvalue weighted by molar-refractivity contribution is 5.65. The summed E-state index contributed by atoms with van der Waals surface area (Å²) in [4.78, 5) is 2.36. The van der Waals surface area contributed by atoms with Gasteiger partial charge in [-0.1, -0.05) is 17.3 Å². The Hall–Kier alpha value is -3.09. The van der Waals surface area contributed by atoms with E-state index in [2.05, 4.69) is 27.3 Å². The van der Waals surface area contributed by atoms with E-state index >= 15 is 0 Å². The molecule has 0 bridgehead atoms. The van der Waals surface area contributed by atoms with Gasteiger partial charge in [0.15, 0.2) is 17.3 Å². The van der Waals surface area contributed by atoms with E-state index in [1.807, 2.05) is 12.1 Å². The fourth-order valence-electron chi connectivity index (χ4n) is 3.21. The molecule has 0 spiro atoms. The van der Waals surface area contributed by atoms with Gasteiger partial charge in [0.2, 0.25) is 0 Å². The number of hydrogen-bond donors (Lipinski definition) is 1. The van der Waals surface area contributed by atoms with Crippen molar-refractivity contribution in [2.45, 2.75) is 12.8 Å². The van der Waals surface area contributed by atoms with Gasteiger partial charge in [0.05, 0.1) is 19.0 Å². The predicted molar refractivity (Wildman–Crippen MR) is 96.4 cm³/mol. The highest BCUT2D eigenvalue weighted by Gasteiger charge is 2.15. The number of aromatic hydroxyl groups is 1. The monoisotopic (exact) mass is 354 g/mol. The SMILES string of the molecule is COc1cc(-n2cc(-c3cccc(N4CCCC4)c3)nn2)cc(F)c1O. The van der Waals surface area contributed by atoms with Crippen molar-refractivity contribution in [2.75, 3.05) is 25.1 Å². The van der Waals surface area contributed by atoms with Crippen molar-refractivity contribution in [3.8, 4) is 28.4 Å². The molecule has 0 radical (unpaired) electrons. The first-order valence-corrected chi connectivity index (χ1v) is 8.50. The number of phenolic OH excluding ortho intramolecular Hbond substituents is 1. The van der Waals surface area contributed by atoms with Gasteiger partial charge in [0, 0.05) is 36.5 Å². The third kappa shape index (κ3) is 2.96. The molecule has 7 heteroatoms. The number of methoxy groups -OCH3 is 1. The topological polar surface area (TPSA) is 63.4 Å². The predicted octanol–water partition coefficient (Wildman–Crippen LogP) is 3.39. The van der Waals surface area contributed by atoms with Crippen LogP contribution < -0.4 is 9.64 Å².